The Morgan fingerprint density at radius 2 is 1.82 bits per heavy atom. The Balaban J connectivity index is 1.99. The maximum absolute atomic E-state index is 15.7. The van der Waals surface area contributed by atoms with Gasteiger partial charge >= 0.3 is 6.09 Å². The van der Waals surface area contributed by atoms with Crippen molar-refractivity contribution in [1.29, 1.82) is 0 Å². The van der Waals surface area contributed by atoms with Gasteiger partial charge in [0.05, 0.1) is 5.41 Å². The summed E-state index contributed by atoms with van der Waals surface area (Å²) < 4.78 is 29.5. The highest BCUT2D eigenvalue weighted by Crippen LogP contribution is 2.44. The van der Waals surface area contributed by atoms with E-state index in [0.29, 0.717) is 31.6 Å². The second-order valence-corrected chi connectivity index (χ2v) is 8.87. The van der Waals surface area contributed by atoms with Gasteiger partial charge in [-0.15, -0.1) is 0 Å². The number of carbonyl (C=O) groups is 2. The molecule has 0 aromatic heterocycles. The molecule has 2 amide bonds. The maximum Gasteiger partial charge on any atom is 0.415 e. The van der Waals surface area contributed by atoms with Crippen molar-refractivity contribution in [2.75, 3.05) is 7.05 Å². The first-order valence-electron chi connectivity index (χ1n) is 10.0. The number of benzene rings is 2. The monoisotopic (exact) mass is 494 g/mol. The van der Waals surface area contributed by atoms with E-state index in [9.17, 15) is 19.1 Å². The summed E-state index contributed by atoms with van der Waals surface area (Å²) in [5, 5.41) is 10.2. The molecule has 2 aromatic carbocycles. The molecular weight excluding hydrogens is 473 g/mol. The highest BCUT2D eigenvalue weighted by molar-refractivity contribution is 6.34. The number of rotatable bonds is 5. The van der Waals surface area contributed by atoms with Gasteiger partial charge in [0.15, 0.2) is 0 Å². The van der Waals surface area contributed by atoms with Crippen LogP contribution in [0.2, 0.25) is 10.0 Å². The van der Waals surface area contributed by atoms with Gasteiger partial charge in [-0.1, -0.05) is 35.3 Å². The molecule has 3 rings (SSSR count). The highest BCUT2D eigenvalue weighted by Gasteiger charge is 2.42. The van der Waals surface area contributed by atoms with Gasteiger partial charge in [0.25, 0.3) is 0 Å². The number of halogens is 4. The van der Waals surface area contributed by atoms with Gasteiger partial charge in [-0.2, -0.15) is 0 Å². The van der Waals surface area contributed by atoms with E-state index in [4.69, 9.17) is 23.2 Å². The zero-order chi connectivity index (χ0) is 24.3. The second-order valence-electron chi connectivity index (χ2n) is 8.00. The Morgan fingerprint density at radius 1 is 1.15 bits per heavy atom. The molecule has 1 aliphatic heterocycles. The van der Waals surface area contributed by atoms with Crippen LogP contribution in [0.4, 0.5) is 13.6 Å². The van der Waals surface area contributed by atoms with Crippen LogP contribution in [0.15, 0.2) is 60.7 Å². The van der Waals surface area contributed by atoms with Gasteiger partial charge in [-0.3, -0.25) is 9.69 Å². The third-order valence-electron chi connectivity index (χ3n) is 5.59. The summed E-state index contributed by atoms with van der Waals surface area (Å²) in [5.74, 6) is -1.69. The molecule has 33 heavy (non-hydrogen) atoms. The molecule has 174 valence electrons. The molecule has 1 unspecified atom stereocenters. The van der Waals surface area contributed by atoms with E-state index in [1.165, 1.54) is 35.4 Å². The molecule has 1 aliphatic rings. The number of allylic oxidation sites excluding steroid dienone is 2. The average molecular weight is 495 g/mol. The lowest BCUT2D eigenvalue weighted by Crippen LogP contribution is -2.37. The zero-order valence-electron chi connectivity index (χ0n) is 18.0. The van der Waals surface area contributed by atoms with Crippen LogP contribution in [0.1, 0.15) is 29.5 Å². The van der Waals surface area contributed by atoms with Crippen LogP contribution < -0.4 is 0 Å². The molecule has 9 heteroatoms. The van der Waals surface area contributed by atoms with Crippen molar-refractivity contribution >= 4 is 35.2 Å². The van der Waals surface area contributed by atoms with E-state index in [2.05, 4.69) is 0 Å². The lowest BCUT2D eigenvalue weighted by molar-refractivity contribution is -0.131. The first kappa shape index (κ1) is 24.7. The number of nitrogens with zero attached hydrogens (tertiary/aromatic N) is 2. The fourth-order valence-electron chi connectivity index (χ4n) is 3.98. The molecule has 0 aliphatic carbocycles. The van der Waals surface area contributed by atoms with Crippen molar-refractivity contribution in [3.63, 3.8) is 0 Å². The summed E-state index contributed by atoms with van der Waals surface area (Å²) in [5.41, 5.74) is 0.0505. The minimum atomic E-state index is -1.50. The average Bonchev–Trinajstić information content (AvgIpc) is 2.87. The van der Waals surface area contributed by atoms with E-state index in [0.717, 1.165) is 6.20 Å². The topological polar surface area (TPSA) is 60.9 Å². The molecular formula is C24H22Cl2F2N2O3. The lowest BCUT2D eigenvalue weighted by atomic mass is 9.72. The molecule has 1 heterocycles. The van der Waals surface area contributed by atoms with Crippen molar-refractivity contribution in [1.82, 2.24) is 9.80 Å². The molecule has 1 N–H and O–H groups in total. The SMILES string of the molecule is Cc1cc(F)ccc1C1(CC(=O)N(C)Cc2cc(Cl)cc(Cl)c2)CC=CN(C(=O)O)C=C1F. The third kappa shape index (κ3) is 5.54. The predicted molar refractivity (Wildman–Crippen MR) is 123 cm³/mol. The van der Waals surface area contributed by atoms with Crippen molar-refractivity contribution < 1.29 is 23.5 Å². The fourth-order valence-corrected chi connectivity index (χ4v) is 4.56. The summed E-state index contributed by atoms with van der Waals surface area (Å²) in [6.07, 6.45) is 1.90. The summed E-state index contributed by atoms with van der Waals surface area (Å²) in [6, 6.07) is 8.83. The van der Waals surface area contributed by atoms with Gasteiger partial charge in [-0.05, 0) is 60.4 Å². The Hall–Kier alpha value is -2.90. The summed E-state index contributed by atoms with van der Waals surface area (Å²) in [6.45, 7) is 1.80. The van der Waals surface area contributed by atoms with Gasteiger partial charge in [0, 0.05) is 42.5 Å². The smallest absolute Gasteiger partial charge is 0.415 e. The van der Waals surface area contributed by atoms with Crippen LogP contribution in [0.3, 0.4) is 0 Å². The first-order chi connectivity index (χ1) is 15.5. The third-order valence-corrected chi connectivity index (χ3v) is 6.02. The normalized spacial score (nSPS) is 18.0. The largest absolute Gasteiger partial charge is 0.464 e. The summed E-state index contributed by atoms with van der Waals surface area (Å²) in [7, 11) is 1.57. The Labute approximate surface area is 200 Å². The molecule has 0 saturated carbocycles. The number of aryl methyl sites for hydroxylation is 1. The maximum atomic E-state index is 15.7. The lowest BCUT2D eigenvalue weighted by Gasteiger charge is -2.34. The van der Waals surface area contributed by atoms with Crippen LogP contribution in [0.25, 0.3) is 0 Å². The van der Waals surface area contributed by atoms with E-state index in [-0.39, 0.29) is 19.4 Å². The molecule has 0 bridgehead atoms. The Bertz CT molecular complexity index is 1130. The number of hydrogen-bond acceptors (Lipinski definition) is 2. The molecule has 0 radical (unpaired) electrons. The van der Waals surface area contributed by atoms with Crippen molar-refractivity contribution in [2.45, 2.75) is 31.7 Å². The zero-order valence-corrected chi connectivity index (χ0v) is 19.5. The Morgan fingerprint density at radius 3 is 2.42 bits per heavy atom. The number of hydrogen-bond donors (Lipinski definition) is 1. The van der Waals surface area contributed by atoms with Crippen LogP contribution in [0, 0.1) is 12.7 Å². The number of carbonyl (C=O) groups excluding carboxylic acids is 1. The molecule has 0 spiro atoms. The number of amides is 2. The minimum Gasteiger partial charge on any atom is -0.464 e. The summed E-state index contributed by atoms with van der Waals surface area (Å²) in [4.78, 5) is 26.8. The van der Waals surface area contributed by atoms with Crippen LogP contribution in [-0.2, 0) is 16.8 Å². The second kappa shape index (κ2) is 9.93. The highest BCUT2D eigenvalue weighted by atomic mass is 35.5. The predicted octanol–water partition coefficient (Wildman–Crippen LogP) is 6.44. The summed E-state index contributed by atoms with van der Waals surface area (Å²) >= 11 is 12.1. The molecule has 2 aromatic rings. The Kier molecular flexibility index (Phi) is 7.44. The quantitative estimate of drug-likeness (QED) is 0.520. The van der Waals surface area contributed by atoms with Gasteiger partial charge in [0.2, 0.25) is 5.91 Å². The molecule has 0 fully saturated rings. The van der Waals surface area contributed by atoms with Crippen LogP contribution >= 0.6 is 23.2 Å². The van der Waals surface area contributed by atoms with Crippen LogP contribution in [0.5, 0.6) is 0 Å². The van der Waals surface area contributed by atoms with Gasteiger partial charge in [-0.25, -0.2) is 13.6 Å². The van der Waals surface area contributed by atoms with E-state index < -0.39 is 29.1 Å². The van der Waals surface area contributed by atoms with E-state index in [1.54, 1.807) is 32.2 Å². The van der Waals surface area contributed by atoms with Crippen molar-refractivity contribution in [2.24, 2.45) is 0 Å². The molecule has 0 saturated heterocycles. The molecule has 1 atom stereocenters. The fraction of sp³-hybridized carbons (Fsp3) is 0.250. The standard InChI is InChI=1S/C24H22Cl2F2N2O3/c1-15-8-19(27)4-5-20(15)24(6-3-7-30(23(32)33)14-21(24)28)12-22(31)29(2)13-16-9-17(25)11-18(26)10-16/h3-5,7-11,14H,6,12-13H2,1-2H3,(H,32,33). The minimum absolute atomic E-state index is 0.00809. The van der Waals surface area contributed by atoms with Crippen molar-refractivity contribution in [3.8, 4) is 0 Å². The van der Waals surface area contributed by atoms with Gasteiger partial charge in [0.1, 0.15) is 11.6 Å². The number of carboxylic acid groups (broad SMARTS) is 1. The van der Waals surface area contributed by atoms with Crippen LogP contribution in [-0.4, -0.2) is 34.0 Å². The van der Waals surface area contributed by atoms with Crippen molar-refractivity contribution in [3.05, 3.63) is 93.3 Å². The van der Waals surface area contributed by atoms with E-state index in [1.807, 2.05) is 0 Å². The van der Waals surface area contributed by atoms with E-state index >= 15 is 4.39 Å². The molecule has 5 nitrogen and oxygen atoms in total. The first-order valence-corrected chi connectivity index (χ1v) is 10.8. The van der Waals surface area contributed by atoms with Gasteiger partial charge < -0.3 is 10.0 Å².